The van der Waals surface area contributed by atoms with Gasteiger partial charge in [0.1, 0.15) is 5.82 Å². The Bertz CT molecular complexity index is 997. The van der Waals surface area contributed by atoms with Crippen molar-refractivity contribution >= 4 is 29.1 Å². The van der Waals surface area contributed by atoms with Gasteiger partial charge in [0.15, 0.2) is 0 Å². The maximum absolute atomic E-state index is 13.1. The third-order valence-electron chi connectivity index (χ3n) is 5.31. The fourth-order valence-corrected chi connectivity index (χ4v) is 3.87. The minimum Gasteiger partial charge on any atom is -0.322 e. The van der Waals surface area contributed by atoms with Gasteiger partial charge in [-0.2, -0.15) is 0 Å². The first-order valence-corrected chi connectivity index (χ1v) is 9.15. The van der Waals surface area contributed by atoms with Crippen molar-refractivity contribution in [2.24, 2.45) is 11.8 Å². The average molecular weight is 378 g/mol. The second-order valence-corrected chi connectivity index (χ2v) is 7.19. The van der Waals surface area contributed by atoms with E-state index in [1.165, 1.54) is 24.3 Å². The lowest BCUT2D eigenvalue weighted by molar-refractivity contribution is -0.122. The summed E-state index contributed by atoms with van der Waals surface area (Å²) >= 11 is 0. The van der Waals surface area contributed by atoms with E-state index in [0.717, 1.165) is 10.5 Å². The molecule has 1 N–H and O–H groups in total. The second kappa shape index (κ2) is 7.03. The highest BCUT2D eigenvalue weighted by Crippen LogP contribution is 2.40. The quantitative estimate of drug-likeness (QED) is 0.650. The van der Waals surface area contributed by atoms with Crippen LogP contribution in [0.1, 0.15) is 30.1 Å². The van der Waals surface area contributed by atoms with Crippen LogP contribution in [0.25, 0.3) is 0 Å². The van der Waals surface area contributed by atoms with E-state index in [9.17, 15) is 18.8 Å². The van der Waals surface area contributed by atoms with Gasteiger partial charge in [-0.15, -0.1) is 0 Å². The fraction of sp³-hybridized carbons (Fsp3) is 0.227. The highest BCUT2D eigenvalue weighted by molar-refractivity contribution is 6.25. The molecule has 0 spiro atoms. The van der Waals surface area contributed by atoms with Crippen LogP contribution in [0.2, 0.25) is 0 Å². The molecule has 2 aliphatic rings. The van der Waals surface area contributed by atoms with Gasteiger partial charge in [0.25, 0.3) is 5.91 Å². The van der Waals surface area contributed by atoms with Crippen LogP contribution in [-0.2, 0) is 9.59 Å². The fourth-order valence-electron chi connectivity index (χ4n) is 3.87. The number of hydrogen-bond acceptors (Lipinski definition) is 3. The van der Waals surface area contributed by atoms with Gasteiger partial charge in [-0.05, 0) is 56.2 Å². The molecule has 1 aliphatic heterocycles. The first kappa shape index (κ1) is 18.1. The maximum atomic E-state index is 13.1. The molecule has 1 saturated heterocycles. The molecule has 1 heterocycles. The molecule has 28 heavy (non-hydrogen) atoms. The Morgan fingerprint density at radius 2 is 1.71 bits per heavy atom. The van der Waals surface area contributed by atoms with Crippen molar-refractivity contribution in [3.05, 3.63) is 71.6 Å². The van der Waals surface area contributed by atoms with E-state index in [1.807, 2.05) is 13.0 Å². The van der Waals surface area contributed by atoms with E-state index in [2.05, 4.69) is 5.32 Å². The number of para-hydroxylation sites is 1. The molecule has 2 atom stereocenters. The van der Waals surface area contributed by atoms with Gasteiger partial charge in [-0.1, -0.05) is 23.8 Å². The van der Waals surface area contributed by atoms with E-state index >= 15 is 0 Å². The van der Waals surface area contributed by atoms with Crippen LogP contribution >= 0.6 is 0 Å². The SMILES string of the molecule is CC1=CC[C@H]2C(=O)N(c3ccccc3C(=O)Nc3ccc(F)cc3)C(=O)[C@H]2C1. The zero-order valence-electron chi connectivity index (χ0n) is 15.3. The number of anilines is 2. The molecule has 5 nitrogen and oxygen atoms in total. The number of nitrogens with zero attached hydrogens (tertiary/aromatic N) is 1. The van der Waals surface area contributed by atoms with Crippen LogP contribution in [0.3, 0.4) is 0 Å². The Labute approximate surface area is 161 Å². The number of amides is 3. The summed E-state index contributed by atoms with van der Waals surface area (Å²) in [5.74, 6) is -2.13. The monoisotopic (exact) mass is 378 g/mol. The van der Waals surface area contributed by atoms with E-state index in [4.69, 9.17) is 0 Å². The summed E-state index contributed by atoms with van der Waals surface area (Å²) in [7, 11) is 0. The molecule has 0 unspecified atom stereocenters. The molecule has 1 aliphatic carbocycles. The summed E-state index contributed by atoms with van der Waals surface area (Å²) in [6.45, 7) is 1.96. The van der Waals surface area contributed by atoms with Crippen LogP contribution in [0.4, 0.5) is 15.8 Å². The molecule has 0 saturated carbocycles. The zero-order valence-corrected chi connectivity index (χ0v) is 15.3. The molecule has 0 bridgehead atoms. The Balaban J connectivity index is 1.65. The first-order chi connectivity index (χ1) is 13.5. The van der Waals surface area contributed by atoms with E-state index in [1.54, 1.807) is 24.3 Å². The van der Waals surface area contributed by atoms with Crippen LogP contribution in [0, 0.1) is 17.7 Å². The summed E-state index contributed by atoms with van der Waals surface area (Å²) in [6.07, 6.45) is 3.11. The summed E-state index contributed by atoms with van der Waals surface area (Å²) in [5, 5.41) is 2.68. The molecular weight excluding hydrogens is 359 g/mol. The highest BCUT2D eigenvalue weighted by Gasteiger charge is 2.49. The summed E-state index contributed by atoms with van der Waals surface area (Å²) < 4.78 is 13.1. The molecule has 3 amide bonds. The summed E-state index contributed by atoms with van der Waals surface area (Å²) in [4.78, 5) is 39.8. The zero-order chi connectivity index (χ0) is 19.8. The van der Waals surface area contributed by atoms with Crippen molar-refractivity contribution in [1.82, 2.24) is 0 Å². The highest BCUT2D eigenvalue weighted by atomic mass is 19.1. The third kappa shape index (κ3) is 3.11. The lowest BCUT2D eigenvalue weighted by Gasteiger charge is -2.19. The predicted octanol–water partition coefficient (Wildman–Crippen LogP) is 3.92. The van der Waals surface area contributed by atoms with Crippen molar-refractivity contribution in [2.45, 2.75) is 19.8 Å². The molecule has 6 heteroatoms. The maximum Gasteiger partial charge on any atom is 0.257 e. The average Bonchev–Trinajstić information content (AvgIpc) is 2.93. The number of benzene rings is 2. The standard InChI is InChI=1S/C22H19FN2O3/c1-13-6-11-16-18(12-13)22(28)25(21(16)27)19-5-3-2-4-17(19)20(26)24-15-9-7-14(23)8-10-15/h2-10,16,18H,11-12H2,1H3,(H,24,26)/t16-,18+/m1/s1. The third-order valence-corrected chi connectivity index (χ3v) is 5.31. The number of rotatable bonds is 3. The molecule has 4 rings (SSSR count). The van der Waals surface area contributed by atoms with E-state index in [-0.39, 0.29) is 34.9 Å². The molecule has 1 fully saturated rings. The Hall–Kier alpha value is -3.28. The summed E-state index contributed by atoms with van der Waals surface area (Å²) in [5.41, 5.74) is 2.03. The second-order valence-electron chi connectivity index (χ2n) is 7.19. The minimum atomic E-state index is -0.466. The topological polar surface area (TPSA) is 66.5 Å². The lowest BCUT2D eigenvalue weighted by Crippen LogP contribution is -2.33. The molecule has 0 aromatic heterocycles. The molecule has 2 aromatic rings. The van der Waals surface area contributed by atoms with E-state index < -0.39 is 11.7 Å². The van der Waals surface area contributed by atoms with Gasteiger partial charge in [-0.25, -0.2) is 9.29 Å². The van der Waals surface area contributed by atoms with Gasteiger partial charge < -0.3 is 5.32 Å². The van der Waals surface area contributed by atoms with Gasteiger partial charge in [0.05, 0.1) is 23.1 Å². The van der Waals surface area contributed by atoms with Crippen molar-refractivity contribution in [2.75, 3.05) is 10.2 Å². The Morgan fingerprint density at radius 1 is 1.04 bits per heavy atom. The summed E-state index contributed by atoms with van der Waals surface area (Å²) in [6, 6.07) is 11.9. The van der Waals surface area contributed by atoms with Crippen LogP contribution < -0.4 is 10.2 Å². The molecular formula is C22H19FN2O3. The van der Waals surface area contributed by atoms with Crippen molar-refractivity contribution in [3.63, 3.8) is 0 Å². The van der Waals surface area contributed by atoms with Gasteiger partial charge in [-0.3, -0.25) is 14.4 Å². The van der Waals surface area contributed by atoms with Gasteiger partial charge in [0.2, 0.25) is 11.8 Å². The number of nitrogens with one attached hydrogen (secondary N) is 1. The number of carbonyl (C=O) groups excluding carboxylic acids is 3. The largest absolute Gasteiger partial charge is 0.322 e. The van der Waals surface area contributed by atoms with Crippen LogP contribution in [0.5, 0.6) is 0 Å². The number of halogens is 1. The van der Waals surface area contributed by atoms with E-state index in [0.29, 0.717) is 18.5 Å². The molecule has 0 radical (unpaired) electrons. The number of allylic oxidation sites excluding steroid dienone is 2. The molecule has 142 valence electrons. The lowest BCUT2D eigenvalue weighted by atomic mass is 9.82. The minimum absolute atomic E-state index is 0.219. The van der Waals surface area contributed by atoms with Crippen molar-refractivity contribution in [1.29, 1.82) is 0 Å². The first-order valence-electron chi connectivity index (χ1n) is 9.15. The van der Waals surface area contributed by atoms with Crippen LogP contribution in [-0.4, -0.2) is 17.7 Å². The van der Waals surface area contributed by atoms with Gasteiger partial charge in [0, 0.05) is 5.69 Å². The predicted molar refractivity (Wildman–Crippen MR) is 103 cm³/mol. The number of hydrogen-bond donors (Lipinski definition) is 1. The Morgan fingerprint density at radius 3 is 2.46 bits per heavy atom. The van der Waals surface area contributed by atoms with Crippen molar-refractivity contribution in [3.8, 4) is 0 Å². The normalized spacial score (nSPS) is 21.4. The smallest absolute Gasteiger partial charge is 0.257 e. The number of carbonyl (C=O) groups is 3. The van der Waals surface area contributed by atoms with Crippen molar-refractivity contribution < 1.29 is 18.8 Å². The number of fused-ring (bicyclic) bond motifs is 1. The van der Waals surface area contributed by atoms with Gasteiger partial charge >= 0.3 is 0 Å². The Kier molecular flexibility index (Phi) is 4.55. The molecule has 2 aromatic carbocycles. The van der Waals surface area contributed by atoms with Crippen LogP contribution in [0.15, 0.2) is 60.2 Å². The number of imide groups is 1.